The predicted octanol–water partition coefficient (Wildman–Crippen LogP) is 3.88. The quantitative estimate of drug-likeness (QED) is 0.493. The van der Waals surface area contributed by atoms with E-state index < -0.39 is 0 Å². The summed E-state index contributed by atoms with van der Waals surface area (Å²) in [6, 6.07) is 15.8. The van der Waals surface area contributed by atoms with E-state index in [0.29, 0.717) is 29.5 Å². The average Bonchev–Trinajstić information content (AvgIpc) is 3.22. The molecule has 0 saturated carbocycles. The van der Waals surface area contributed by atoms with Crippen LogP contribution in [0.5, 0.6) is 5.75 Å². The van der Waals surface area contributed by atoms with Gasteiger partial charge in [-0.15, -0.1) is 10.2 Å². The minimum atomic E-state index is -0.0463. The molecule has 0 radical (unpaired) electrons. The summed E-state index contributed by atoms with van der Waals surface area (Å²) in [4.78, 5) is 15.3. The third-order valence-corrected chi connectivity index (χ3v) is 6.11. The van der Waals surface area contributed by atoms with Gasteiger partial charge in [0.2, 0.25) is 5.78 Å². The zero-order valence-corrected chi connectivity index (χ0v) is 18.0. The molecule has 0 bridgehead atoms. The van der Waals surface area contributed by atoms with Gasteiger partial charge in [0.05, 0.1) is 16.6 Å². The van der Waals surface area contributed by atoms with Gasteiger partial charge in [0.1, 0.15) is 12.4 Å². The van der Waals surface area contributed by atoms with Gasteiger partial charge in [0, 0.05) is 19.6 Å². The summed E-state index contributed by atoms with van der Waals surface area (Å²) in [7, 11) is 0. The van der Waals surface area contributed by atoms with E-state index in [2.05, 4.69) is 34.2 Å². The number of fused-ring (bicyclic) bond motifs is 3. The first-order valence-electron chi connectivity index (χ1n) is 11.0. The van der Waals surface area contributed by atoms with E-state index in [0.717, 1.165) is 30.0 Å². The molecule has 3 heterocycles. The van der Waals surface area contributed by atoms with Crippen LogP contribution in [0.3, 0.4) is 0 Å². The molecule has 7 heteroatoms. The summed E-state index contributed by atoms with van der Waals surface area (Å²) in [6.07, 6.45) is 2.47. The topological polar surface area (TPSA) is 64.7 Å². The SMILES string of the molecule is CCn1c(=O)c2ccccc2n2c(COc3ccccc3N3CCCC(C)C3)nnc12. The van der Waals surface area contributed by atoms with Crippen LogP contribution in [-0.4, -0.2) is 32.3 Å². The molecule has 2 aromatic carbocycles. The lowest BCUT2D eigenvalue weighted by atomic mass is 9.99. The fourth-order valence-corrected chi connectivity index (χ4v) is 4.58. The minimum absolute atomic E-state index is 0.0463. The Morgan fingerprint density at radius 2 is 1.90 bits per heavy atom. The van der Waals surface area contributed by atoms with Crippen molar-refractivity contribution in [3.8, 4) is 5.75 Å². The first-order valence-corrected chi connectivity index (χ1v) is 11.0. The van der Waals surface area contributed by atoms with E-state index in [9.17, 15) is 4.79 Å². The van der Waals surface area contributed by atoms with Crippen molar-refractivity contribution in [1.82, 2.24) is 19.2 Å². The second kappa shape index (κ2) is 8.06. The maximum absolute atomic E-state index is 12.9. The number of ether oxygens (including phenoxy) is 1. The molecular weight excluding hydrogens is 390 g/mol. The molecule has 4 aromatic rings. The molecule has 7 nitrogen and oxygen atoms in total. The Kier molecular flexibility index (Phi) is 5.10. The molecule has 1 saturated heterocycles. The van der Waals surface area contributed by atoms with Gasteiger partial charge in [-0.1, -0.05) is 31.2 Å². The second-order valence-corrected chi connectivity index (χ2v) is 8.27. The van der Waals surface area contributed by atoms with Crippen molar-refractivity contribution in [2.45, 2.75) is 39.8 Å². The van der Waals surface area contributed by atoms with E-state index in [1.165, 1.54) is 12.8 Å². The lowest BCUT2D eigenvalue weighted by molar-refractivity contribution is 0.294. The van der Waals surface area contributed by atoms with Crippen molar-refractivity contribution < 1.29 is 4.74 Å². The standard InChI is InChI=1S/C24H27N5O2/c1-3-28-23(30)18-10-4-5-11-19(18)29-22(25-26-24(28)29)16-31-21-13-7-6-12-20(21)27-14-8-9-17(2)15-27/h4-7,10-13,17H,3,8-9,14-16H2,1-2H3. The van der Waals surface area contributed by atoms with Gasteiger partial charge in [-0.05, 0) is 49.9 Å². The van der Waals surface area contributed by atoms with Crippen LogP contribution in [0.4, 0.5) is 5.69 Å². The summed E-state index contributed by atoms with van der Waals surface area (Å²) in [5.41, 5.74) is 1.88. The van der Waals surface area contributed by atoms with Crippen LogP contribution < -0.4 is 15.2 Å². The normalized spacial score (nSPS) is 16.8. The largest absolute Gasteiger partial charge is 0.483 e. The average molecular weight is 418 g/mol. The number of para-hydroxylation sites is 3. The first-order chi connectivity index (χ1) is 15.2. The zero-order valence-electron chi connectivity index (χ0n) is 18.0. The smallest absolute Gasteiger partial charge is 0.262 e. The van der Waals surface area contributed by atoms with Gasteiger partial charge in [-0.3, -0.25) is 13.8 Å². The third-order valence-electron chi connectivity index (χ3n) is 6.11. The highest BCUT2D eigenvalue weighted by Crippen LogP contribution is 2.32. The molecule has 0 aliphatic carbocycles. The molecule has 1 atom stereocenters. The summed E-state index contributed by atoms with van der Waals surface area (Å²) >= 11 is 0. The lowest BCUT2D eigenvalue weighted by Gasteiger charge is -2.33. The molecular formula is C24H27N5O2. The first kappa shape index (κ1) is 19.6. The van der Waals surface area contributed by atoms with Gasteiger partial charge in [0.25, 0.3) is 5.56 Å². The van der Waals surface area contributed by atoms with Crippen LogP contribution in [0.15, 0.2) is 53.3 Å². The van der Waals surface area contributed by atoms with Crippen LogP contribution in [0.2, 0.25) is 0 Å². The molecule has 1 unspecified atom stereocenters. The highest BCUT2D eigenvalue weighted by atomic mass is 16.5. The summed E-state index contributed by atoms with van der Waals surface area (Å²) in [5, 5.41) is 9.35. The number of benzene rings is 2. The number of nitrogens with zero attached hydrogens (tertiary/aromatic N) is 5. The van der Waals surface area contributed by atoms with E-state index in [1.807, 2.05) is 47.7 Å². The van der Waals surface area contributed by atoms with Crippen molar-refractivity contribution in [3.63, 3.8) is 0 Å². The van der Waals surface area contributed by atoms with E-state index in [4.69, 9.17) is 4.74 Å². The van der Waals surface area contributed by atoms with Crippen molar-refractivity contribution in [2.24, 2.45) is 5.92 Å². The molecule has 1 aliphatic rings. The fourth-order valence-electron chi connectivity index (χ4n) is 4.58. The van der Waals surface area contributed by atoms with E-state index in [-0.39, 0.29) is 12.2 Å². The van der Waals surface area contributed by atoms with E-state index >= 15 is 0 Å². The molecule has 160 valence electrons. The molecule has 2 aromatic heterocycles. The van der Waals surface area contributed by atoms with Crippen molar-refractivity contribution in [1.29, 1.82) is 0 Å². The molecule has 5 rings (SSSR count). The Labute approximate surface area is 180 Å². The van der Waals surface area contributed by atoms with Gasteiger partial charge in [0.15, 0.2) is 5.82 Å². The van der Waals surface area contributed by atoms with Crippen LogP contribution in [0, 0.1) is 5.92 Å². The fraction of sp³-hybridized carbons (Fsp3) is 0.375. The Bertz CT molecular complexity index is 1290. The molecule has 0 N–H and O–H groups in total. The molecule has 0 spiro atoms. The number of piperidine rings is 1. The van der Waals surface area contributed by atoms with E-state index in [1.54, 1.807) is 4.57 Å². The van der Waals surface area contributed by atoms with Gasteiger partial charge < -0.3 is 9.64 Å². The molecule has 0 amide bonds. The number of hydrogen-bond acceptors (Lipinski definition) is 5. The van der Waals surface area contributed by atoms with Crippen LogP contribution in [0.1, 0.15) is 32.5 Å². The Balaban J connectivity index is 1.52. The molecule has 1 fully saturated rings. The van der Waals surface area contributed by atoms with Gasteiger partial charge in [-0.25, -0.2) is 0 Å². The van der Waals surface area contributed by atoms with Crippen LogP contribution >= 0.6 is 0 Å². The third kappa shape index (κ3) is 3.44. The Hall–Kier alpha value is -3.35. The predicted molar refractivity (Wildman–Crippen MR) is 122 cm³/mol. The van der Waals surface area contributed by atoms with Crippen molar-refractivity contribution in [2.75, 3.05) is 18.0 Å². The maximum Gasteiger partial charge on any atom is 0.262 e. The number of anilines is 1. The van der Waals surface area contributed by atoms with Gasteiger partial charge in [-0.2, -0.15) is 0 Å². The second-order valence-electron chi connectivity index (χ2n) is 8.27. The van der Waals surface area contributed by atoms with Crippen LogP contribution in [-0.2, 0) is 13.2 Å². The molecule has 1 aliphatic heterocycles. The summed E-state index contributed by atoms with van der Waals surface area (Å²) in [5.74, 6) is 2.75. The Morgan fingerprint density at radius 1 is 1.10 bits per heavy atom. The zero-order chi connectivity index (χ0) is 21.4. The highest BCUT2D eigenvalue weighted by molar-refractivity contribution is 5.80. The minimum Gasteiger partial charge on any atom is -0.483 e. The maximum atomic E-state index is 12.9. The number of hydrogen-bond donors (Lipinski definition) is 0. The number of aryl methyl sites for hydroxylation is 1. The summed E-state index contributed by atoms with van der Waals surface area (Å²) in [6.45, 7) is 7.14. The number of aromatic nitrogens is 4. The lowest BCUT2D eigenvalue weighted by Crippen LogP contribution is -2.34. The van der Waals surface area contributed by atoms with Gasteiger partial charge >= 0.3 is 0 Å². The highest BCUT2D eigenvalue weighted by Gasteiger charge is 2.20. The molecule has 31 heavy (non-hydrogen) atoms. The summed E-state index contributed by atoms with van der Waals surface area (Å²) < 4.78 is 9.87. The monoisotopic (exact) mass is 417 g/mol. The van der Waals surface area contributed by atoms with Crippen molar-refractivity contribution >= 4 is 22.4 Å². The van der Waals surface area contributed by atoms with Crippen LogP contribution in [0.25, 0.3) is 16.7 Å². The Morgan fingerprint density at radius 3 is 2.74 bits per heavy atom. The number of rotatable bonds is 5. The van der Waals surface area contributed by atoms with Crippen molar-refractivity contribution in [3.05, 3.63) is 64.7 Å².